The first-order valence-corrected chi connectivity index (χ1v) is 6.89. The van der Waals surface area contributed by atoms with Crippen LogP contribution in [0.1, 0.15) is 0 Å². The van der Waals surface area contributed by atoms with Gasteiger partial charge in [0.05, 0.1) is 9.85 Å². The second kappa shape index (κ2) is 8.19. The number of non-ortho nitro benzene ring substituents is 2. The number of esters is 1. The molecule has 0 spiro atoms. The molecule has 2 aromatic rings. The van der Waals surface area contributed by atoms with Crippen molar-refractivity contribution in [3.8, 4) is 11.5 Å². The van der Waals surface area contributed by atoms with Crippen LogP contribution in [0.5, 0.6) is 11.5 Å². The summed E-state index contributed by atoms with van der Waals surface area (Å²) in [6.45, 7) is -0.761. The van der Waals surface area contributed by atoms with E-state index in [1.165, 1.54) is 24.3 Å². The fraction of sp³-hybridized carbons (Fsp3) is 0.0667. The molecule has 0 aliphatic heterocycles. The van der Waals surface area contributed by atoms with Crippen LogP contribution in [0.3, 0.4) is 0 Å². The highest BCUT2D eigenvalue weighted by atomic mass is 16.7. The topological polar surface area (TPSA) is 148 Å². The highest BCUT2D eigenvalue weighted by molar-refractivity contribution is 5.76. The number of carbonyl (C=O) groups is 2. The maximum Gasteiger partial charge on any atom is 0.514 e. The SMILES string of the molecule is O=C(COC(=O)Oc1ccc([N+](=O)[O-])cc1)Oc1ccc([N+](=O)[O-])cc1. The summed E-state index contributed by atoms with van der Waals surface area (Å²) < 4.78 is 14.1. The first-order valence-electron chi connectivity index (χ1n) is 6.89. The number of benzene rings is 2. The third-order valence-corrected chi connectivity index (χ3v) is 2.84. The molecule has 2 aromatic carbocycles. The first kappa shape index (κ1) is 18.3. The van der Waals surface area contributed by atoms with Crippen LogP contribution < -0.4 is 9.47 Å². The predicted octanol–water partition coefficient (Wildman–Crippen LogP) is 2.62. The average molecular weight is 362 g/mol. The van der Waals surface area contributed by atoms with Crippen LogP contribution in [0.4, 0.5) is 16.2 Å². The van der Waals surface area contributed by atoms with E-state index in [-0.39, 0.29) is 22.9 Å². The quantitative estimate of drug-likeness (QED) is 0.248. The second-order valence-electron chi connectivity index (χ2n) is 4.62. The molecule has 134 valence electrons. The third-order valence-electron chi connectivity index (χ3n) is 2.84. The number of hydrogen-bond donors (Lipinski definition) is 0. The summed E-state index contributed by atoms with van der Waals surface area (Å²) in [6.07, 6.45) is -1.21. The van der Waals surface area contributed by atoms with Gasteiger partial charge >= 0.3 is 12.1 Å². The molecular weight excluding hydrogens is 352 g/mol. The van der Waals surface area contributed by atoms with Crippen molar-refractivity contribution in [1.29, 1.82) is 0 Å². The second-order valence-corrected chi connectivity index (χ2v) is 4.62. The van der Waals surface area contributed by atoms with Crippen LogP contribution in [-0.2, 0) is 9.53 Å². The summed E-state index contributed by atoms with van der Waals surface area (Å²) in [5.74, 6) is -0.906. The van der Waals surface area contributed by atoms with Crippen LogP contribution in [-0.4, -0.2) is 28.6 Å². The highest BCUT2D eigenvalue weighted by Gasteiger charge is 2.13. The molecule has 0 fully saturated rings. The summed E-state index contributed by atoms with van der Waals surface area (Å²) in [4.78, 5) is 42.8. The van der Waals surface area contributed by atoms with Crippen LogP contribution in [0.25, 0.3) is 0 Å². The zero-order valence-corrected chi connectivity index (χ0v) is 12.9. The Kier molecular flexibility index (Phi) is 5.77. The molecule has 0 amide bonds. The van der Waals surface area contributed by atoms with Crippen LogP contribution in [0, 0.1) is 20.2 Å². The number of nitrogens with zero attached hydrogens (tertiary/aromatic N) is 2. The van der Waals surface area contributed by atoms with Gasteiger partial charge in [-0.25, -0.2) is 9.59 Å². The van der Waals surface area contributed by atoms with Gasteiger partial charge < -0.3 is 14.2 Å². The number of carbonyl (C=O) groups excluding carboxylic acids is 2. The van der Waals surface area contributed by atoms with E-state index in [1.54, 1.807) is 0 Å². The van der Waals surface area contributed by atoms with Gasteiger partial charge in [-0.3, -0.25) is 20.2 Å². The molecule has 0 aromatic heterocycles. The maximum atomic E-state index is 11.5. The average Bonchev–Trinajstić information content (AvgIpc) is 2.61. The Bertz CT molecular complexity index is 760. The number of rotatable bonds is 6. The van der Waals surface area contributed by atoms with E-state index in [4.69, 9.17) is 9.47 Å². The molecule has 0 saturated carbocycles. The Hall–Kier alpha value is -4.02. The molecule has 2 rings (SSSR count). The fourth-order valence-corrected chi connectivity index (χ4v) is 1.68. The van der Waals surface area contributed by atoms with Gasteiger partial charge in [-0.2, -0.15) is 0 Å². The molecule has 11 nitrogen and oxygen atoms in total. The highest BCUT2D eigenvalue weighted by Crippen LogP contribution is 2.18. The van der Waals surface area contributed by atoms with Crippen molar-refractivity contribution in [3.05, 3.63) is 68.8 Å². The van der Waals surface area contributed by atoms with Crippen molar-refractivity contribution in [1.82, 2.24) is 0 Å². The van der Waals surface area contributed by atoms with Crippen molar-refractivity contribution >= 4 is 23.5 Å². The summed E-state index contributed by atoms with van der Waals surface area (Å²) in [5, 5.41) is 21.0. The predicted molar refractivity (Wildman–Crippen MR) is 83.8 cm³/mol. The van der Waals surface area contributed by atoms with Gasteiger partial charge in [0, 0.05) is 24.3 Å². The van der Waals surface area contributed by atoms with Crippen molar-refractivity contribution in [2.24, 2.45) is 0 Å². The molecule has 0 atom stereocenters. The van der Waals surface area contributed by atoms with Gasteiger partial charge in [-0.1, -0.05) is 0 Å². The molecule has 0 radical (unpaired) electrons. The van der Waals surface area contributed by atoms with Crippen molar-refractivity contribution in [2.45, 2.75) is 0 Å². The van der Waals surface area contributed by atoms with E-state index >= 15 is 0 Å². The van der Waals surface area contributed by atoms with Crippen LogP contribution in [0.15, 0.2) is 48.5 Å². The van der Waals surface area contributed by atoms with E-state index in [0.29, 0.717) is 0 Å². The molecular formula is C15H10N2O9. The summed E-state index contributed by atoms with van der Waals surface area (Å²) >= 11 is 0. The van der Waals surface area contributed by atoms with Gasteiger partial charge in [-0.15, -0.1) is 0 Å². The largest absolute Gasteiger partial charge is 0.514 e. The Balaban J connectivity index is 1.80. The van der Waals surface area contributed by atoms with Gasteiger partial charge in [-0.05, 0) is 24.3 Å². The molecule has 0 bridgehead atoms. The maximum absolute atomic E-state index is 11.5. The van der Waals surface area contributed by atoms with Gasteiger partial charge in [0.1, 0.15) is 11.5 Å². The molecule has 11 heteroatoms. The summed E-state index contributed by atoms with van der Waals surface area (Å²) in [6, 6.07) is 9.36. The van der Waals surface area contributed by atoms with Crippen molar-refractivity contribution in [3.63, 3.8) is 0 Å². The van der Waals surface area contributed by atoms with Crippen molar-refractivity contribution < 1.29 is 33.6 Å². The Morgan fingerprint density at radius 3 is 1.62 bits per heavy atom. The molecule has 26 heavy (non-hydrogen) atoms. The Morgan fingerprint density at radius 2 is 1.19 bits per heavy atom. The lowest BCUT2D eigenvalue weighted by molar-refractivity contribution is -0.385. The third kappa shape index (κ3) is 5.26. The molecule has 0 saturated heterocycles. The zero-order chi connectivity index (χ0) is 19.1. The normalized spacial score (nSPS) is 9.85. The molecule has 0 unspecified atom stereocenters. The van der Waals surface area contributed by atoms with E-state index in [0.717, 1.165) is 24.3 Å². The smallest absolute Gasteiger partial charge is 0.424 e. The van der Waals surface area contributed by atoms with Gasteiger partial charge in [0.25, 0.3) is 11.4 Å². The lowest BCUT2D eigenvalue weighted by Gasteiger charge is -2.06. The first-order chi connectivity index (χ1) is 12.3. The number of hydrogen-bond acceptors (Lipinski definition) is 9. The Labute approximate surface area is 145 Å². The van der Waals surface area contributed by atoms with Crippen LogP contribution >= 0.6 is 0 Å². The summed E-state index contributed by atoms with van der Waals surface area (Å²) in [5.41, 5.74) is -0.356. The minimum absolute atomic E-state index is 0.00987. The van der Waals surface area contributed by atoms with Crippen molar-refractivity contribution in [2.75, 3.05) is 6.61 Å². The lowest BCUT2D eigenvalue weighted by atomic mass is 10.3. The molecule has 0 N–H and O–H groups in total. The van der Waals surface area contributed by atoms with E-state index < -0.39 is 28.6 Å². The monoisotopic (exact) mass is 362 g/mol. The standard InChI is InChI=1S/C15H10N2O9/c18-14(25-12-5-1-10(2-6-12)16(20)21)9-24-15(19)26-13-7-3-11(4-8-13)17(22)23/h1-8H,9H2. The number of nitro groups is 2. The minimum Gasteiger partial charge on any atom is -0.424 e. The fourth-order valence-electron chi connectivity index (χ4n) is 1.68. The van der Waals surface area contributed by atoms with Gasteiger partial charge in [0.15, 0.2) is 6.61 Å². The lowest BCUT2D eigenvalue weighted by Crippen LogP contribution is -2.20. The zero-order valence-electron chi connectivity index (χ0n) is 12.9. The molecule has 0 aliphatic carbocycles. The Morgan fingerprint density at radius 1 is 0.769 bits per heavy atom. The van der Waals surface area contributed by atoms with Crippen LogP contribution in [0.2, 0.25) is 0 Å². The molecule has 0 aliphatic rings. The van der Waals surface area contributed by atoms with E-state index in [2.05, 4.69) is 4.74 Å². The summed E-state index contributed by atoms with van der Waals surface area (Å²) in [7, 11) is 0. The minimum atomic E-state index is -1.21. The van der Waals surface area contributed by atoms with E-state index in [9.17, 15) is 29.8 Å². The number of nitro benzene ring substituents is 2. The number of ether oxygens (including phenoxy) is 3. The van der Waals surface area contributed by atoms with Gasteiger partial charge in [0.2, 0.25) is 0 Å². The van der Waals surface area contributed by atoms with E-state index in [1.807, 2.05) is 0 Å². The molecule has 0 heterocycles.